The van der Waals surface area contributed by atoms with Crippen molar-refractivity contribution in [1.82, 2.24) is 0 Å². The largest absolute Gasteiger partial charge is 0.395 e. The van der Waals surface area contributed by atoms with Gasteiger partial charge in [0.15, 0.2) is 0 Å². The zero-order valence-corrected chi connectivity index (χ0v) is 10.7. The summed E-state index contributed by atoms with van der Waals surface area (Å²) in [4.78, 5) is 0. The third kappa shape index (κ3) is 1.83. The second-order valence-corrected chi connectivity index (χ2v) is 5.59. The number of hydrogen-bond acceptors (Lipinski definition) is 6. The predicted octanol–water partition coefficient (Wildman–Crippen LogP) is 0.509. The van der Waals surface area contributed by atoms with Crippen molar-refractivity contribution in [3.63, 3.8) is 0 Å². The first-order chi connectivity index (χ1) is 8.18. The summed E-state index contributed by atoms with van der Waals surface area (Å²) in [6, 6.07) is 0. The average Bonchev–Trinajstić information content (AvgIpc) is 2.84. The highest BCUT2D eigenvalue weighted by Crippen LogP contribution is 2.73. The second-order valence-electron chi connectivity index (χ2n) is 4.56. The van der Waals surface area contributed by atoms with Crippen molar-refractivity contribution in [2.75, 3.05) is 19.8 Å². The molecule has 17 heavy (non-hydrogen) atoms. The SMILES string of the molecule is CCCCC1OP2OC1(C(CO)(CO)CO)O2. The third-order valence-corrected chi connectivity index (χ3v) is 4.79. The minimum absolute atomic E-state index is 0.319. The van der Waals surface area contributed by atoms with Crippen LogP contribution in [0.15, 0.2) is 0 Å². The molecule has 0 radical (unpaired) electrons. The number of fused-ring (bicyclic) bond motifs is 1. The normalized spacial score (nSPS) is 36.0. The molecule has 100 valence electrons. The van der Waals surface area contributed by atoms with Crippen molar-refractivity contribution in [2.45, 2.75) is 38.1 Å². The summed E-state index contributed by atoms with van der Waals surface area (Å²) in [5, 5.41) is 28.3. The van der Waals surface area contributed by atoms with Crippen LogP contribution in [0.2, 0.25) is 0 Å². The highest BCUT2D eigenvalue weighted by molar-refractivity contribution is 7.43. The molecule has 3 fully saturated rings. The van der Waals surface area contributed by atoms with Gasteiger partial charge in [-0.3, -0.25) is 9.05 Å². The Hall–Kier alpha value is 0.190. The summed E-state index contributed by atoms with van der Waals surface area (Å²) in [5.41, 5.74) is -1.21. The Kier molecular flexibility index (Phi) is 4.05. The van der Waals surface area contributed by atoms with Gasteiger partial charge in [0.1, 0.15) is 6.10 Å². The van der Waals surface area contributed by atoms with Gasteiger partial charge in [-0.25, -0.2) is 0 Å². The Morgan fingerprint density at radius 2 is 1.76 bits per heavy atom. The Morgan fingerprint density at radius 1 is 1.18 bits per heavy atom. The molecule has 6 nitrogen and oxygen atoms in total. The molecule has 0 spiro atoms. The number of aliphatic hydroxyl groups is 3. The molecule has 3 rings (SSSR count). The van der Waals surface area contributed by atoms with Crippen LogP contribution in [0, 0.1) is 5.41 Å². The molecule has 3 aliphatic rings. The first kappa shape index (κ1) is 13.6. The Balaban J connectivity index is 2.16. The first-order valence-electron chi connectivity index (χ1n) is 5.86. The number of aliphatic hydroxyl groups excluding tert-OH is 3. The lowest BCUT2D eigenvalue weighted by molar-refractivity contribution is -0.279. The maximum Gasteiger partial charge on any atom is 0.338 e. The van der Waals surface area contributed by atoms with E-state index >= 15 is 0 Å². The summed E-state index contributed by atoms with van der Waals surface area (Å²) in [7, 11) is -1.34. The molecule has 3 N–H and O–H groups in total. The van der Waals surface area contributed by atoms with Crippen LogP contribution in [-0.4, -0.2) is 47.0 Å². The quantitative estimate of drug-likeness (QED) is 0.582. The zero-order valence-electron chi connectivity index (χ0n) is 9.83. The fourth-order valence-electron chi connectivity index (χ4n) is 2.21. The molecule has 3 heterocycles. The van der Waals surface area contributed by atoms with Gasteiger partial charge in [0.25, 0.3) is 0 Å². The molecule has 0 amide bonds. The van der Waals surface area contributed by atoms with Gasteiger partial charge in [0, 0.05) is 0 Å². The molecule has 3 aliphatic heterocycles. The summed E-state index contributed by atoms with van der Waals surface area (Å²) >= 11 is 0. The summed E-state index contributed by atoms with van der Waals surface area (Å²) in [6.45, 7) is 0.843. The highest BCUT2D eigenvalue weighted by Gasteiger charge is 2.73. The van der Waals surface area contributed by atoms with Crippen LogP contribution in [0.3, 0.4) is 0 Å². The van der Waals surface area contributed by atoms with Gasteiger partial charge in [0.2, 0.25) is 5.79 Å². The van der Waals surface area contributed by atoms with Crippen LogP contribution in [-0.2, 0) is 13.6 Å². The van der Waals surface area contributed by atoms with E-state index < -0.39 is 39.6 Å². The molecule has 0 aromatic carbocycles. The van der Waals surface area contributed by atoms with Gasteiger partial charge in [-0.2, -0.15) is 0 Å². The summed E-state index contributed by atoms with van der Waals surface area (Å²) < 4.78 is 16.6. The fourth-order valence-corrected chi connectivity index (χ4v) is 3.83. The van der Waals surface area contributed by atoms with Crippen molar-refractivity contribution in [3.8, 4) is 0 Å². The summed E-state index contributed by atoms with van der Waals surface area (Å²) in [6.07, 6.45) is 2.37. The minimum atomic E-state index is -1.34. The van der Waals surface area contributed by atoms with E-state index in [-0.39, 0.29) is 6.10 Å². The van der Waals surface area contributed by atoms with Crippen molar-refractivity contribution in [3.05, 3.63) is 0 Å². The number of unbranched alkanes of at least 4 members (excludes halogenated alkanes) is 1. The average molecular weight is 266 g/mol. The Morgan fingerprint density at radius 3 is 2.24 bits per heavy atom. The van der Waals surface area contributed by atoms with E-state index in [2.05, 4.69) is 6.92 Å². The van der Waals surface area contributed by atoms with Crippen LogP contribution in [0.25, 0.3) is 0 Å². The van der Waals surface area contributed by atoms with E-state index in [9.17, 15) is 15.3 Å². The minimum Gasteiger partial charge on any atom is -0.395 e. The molecule has 3 saturated heterocycles. The standard InChI is InChI=1S/C10H19O6P/c1-2-3-4-8-10(15-17(14-8)16-10)9(5-11,6-12)7-13/h8,11-13H,2-7H2,1H3. The molecule has 0 aliphatic carbocycles. The van der Waals surface area contributed by atoms with Gasteiger partial charge < -0.3 is 19.8 Å². The maximum atomic E-state index is 9.44. The highest BCUT2D eigenvalue weighted by atomic mass is 31.2. The molecule has 1 atom stereocenters. The van der Waals surface area contributed by atoms with Gasteiger partial charge >= 0.3 is 8.60 Å². The monoisotopic (exact) mass is 266 g/mol. The lowest BCUT2D eigenvalue weighted by atomic mass is 9.77. The molecule has 1 unspecified atom stereocenters. The fraction of sp³-hybridized carbons (Fsp3) is 1.00. The molecular weight excluding hydrogens is 247 g/mol. The molecule has 0 aromatic rings. The van der Waals surface area contributed by atoms with Crippen LogP contribution < -0.4 is 0 Å². The Labute approximate surface area is 101 Å². The molecule has 2 bridgehead atoms. The topological polar surface area (TPSA) is 88.4 Å². The van der Waals surface area contributed by atoms with Gasteiger partial charge in [-0.1, -0.05) is 19.8 Å². The van der Waals surface area contributed by atoms with Gasteiger partial charge in [-0.05, 0) is 6.42 Å². The van der Waals surface area contributed by atoms with E-state index in [1.165, 1.54) is 0 Å². The van der Waals surface area contributed by atoms with E-state index in [4.69, 9.17) is 13.6 Å². The molecule has 0 saturated carbocycles. The van der Waals surface area contributed by atoms with Crippen molar-refractivity contribution in [1.29, 1.82) is 0 Å². The predicted molar refractivity (Wildman–Crippen MR) is 59.9 cm³/mol. The zero-order chi connectivity index (χ0) is 12.5. The second kappa shape index (κ2) is 5.05. The molecule has 7 heteroatoms. The number of hydrogen-bond donors (Lipinski definition) is 3. The molecular formula is C10H19O6P. The lowest BCUT2D eigenvalue weighted by Gasteiger charge is -2.48. The number of rotatable bonds is 7. The van der Waals surface area contributed by atoms with Gasteiger partial charge in [-0.15, -0.1) is 0 Å². The summed E-state index contributed by atoms with van der Waals surface area (Å²) in [5.74, 6) is -1.17. The van der Waals surface area contributed by atoms with E-state index in [0.717, 1.165) is 19.3 Å². The van der Waals surface area contributed by atoms with E-state index in [0.29, 0.717) is 0 Å². The lowest BCUT2D eigenvalue weighted by Crippen LogP contribution is -2.63. The van der Waals surface area contributed by atoms with E-state index in [1.807, 2.05) is 0 Å². The first-order valence-corrected chi connectivity index (χ1v) is 6.95. The smallest absolute Gasteiger partial charge is 0.338 e. The van der Waals surface area contributed by atoms with Crippen molar-refractivity contribution >= 4 is 8.60 Å². The van der Waals surface area contributed by atoms with Crippen molar-refractivity contribution in [2.24, 2.45) is 5.41 Å². The van der Waals surface area contributed by atoms with Gasteiger partial charge in [0.05, 0.1) is 25.2 Å². The van der Waals surface area contributed by atoms with E-state index in [1.54, 1.807) is 0 Å². The Bertz CT molecular complexity index is 255. The molecule has 0 aromatic heterocycles. The van der Waals surface area contributed by atoms with Crippen LogP contribution >= 0.6 is 8.60 Å². The third-order valence-electron chi connectivity index (χ3n) is 3.52. The van der Waals surface area contributed by atoms with Crippen LogP contribution in [0.5, 0.6) is 0 Å². The van der Waals surface area contributed by atoms with Crippen molar-refractivity contribution < 1.29 is 28.9 Å². The van der Waals surface area contributed by atoms with Crippen LogP contribution in [0.4, 0.5) is 0 Å². The van der Waals surface area contributed by atoms with Crippen LogP contribution in [0.1, 0.15) is 26.2 Å². The maximum absolute atomic E-state index is 9.44.